The first kappa shape index (κ1) is 27.9. The summed E-state index contributed by atoms with van der Waals surface area (Å²) in [4.78, 5) is 26.9. The lowest BCUT2D eigenvalue weighted by molar-refractivity contribution is -0.138. The largest absolute Gasteiger partial charge is 0.356 e. The second-order valence-corrected chi connectivity index (χ2v) is 15.1. The van der Waals surface area contributed by atoms with Gasteiger partial charge >= 0.3 is 0 Å². The zero-order chi connectivity index (χ0) is 27.5. The molecule has 5 heteroatoms. The molecule has 2 saturated heterocycles. The van der Waals surface area contributed by atoms with Crippen molar-refractivity contribution in [1.82, 2.24) is 10.2 Å². The number of rotatable bonds is 5. The van der Waals surface area contributed by atoms with Crippen molar-refractivity contribution in [3.05, 3.63) is 11.1 Å². The Labute approximate surface area is 237 Å². The van der Waals surface area contributed by atoms with Crippen molar-refractivity contribution in [3.8, 4) is 0 Å². The molecule has 1 unspecified atom stereocenters. The molecule has 0 bridgehead atoms. The Kier molecular flexibility index (Phi) is 7.57. The lowest BCUT2D eigenvalue weighted by Gasteiger charge is -2.52. The quantitative estimate of drug-likeness (QED) is 0.405. The number of fused-ring (bicyclic) bond motifs is 6. The van der Waals surface area contributed by atoms with E-state index in [-0.39, 0.29) is 17.7 Å². The molecule has 39 heavy (non-hydrogen) atoms. The van der Waals surface area contributed by atoms with Gasteiger partial charge in [-0.2, -0.15) is 0 Å². The lowest BCUT2D eigenvalue weighted by atomic mass is 9.52. The molecule has 218 valence electrons. The van der Waals surface area contributed by atoms with Crippen molar-refractivity contribution >= 4 is 11.7 Å². The molecular weight excluding hydrogens is 484 g/mol. The first-order valence-corrected chi connectivity index (χ1v) is 16.5. The van der Waals surface area contributed by atoms with E-state index in [1.807, 2.05) is 0 Å². The minimum absolute atomic E-state index is 0.0433. The van der Waals surface area contributed by atoms with Gasteiger partial charge in [0.1, 0.15) is 12.0 Å². The Hall–Kier alpha value is -1.20. The molecule has 0 aromatic carbocycles. The van der Waals surface area contributed by atoms with Crippen molar-refractivity contribution in [3.63, 3.8) is 0 Å². The van der Waals surface area contributed by atoms with E-state index >= 15 is 0 Å². The molecule has 5 fully saturated rings. The van der Waals surface area contributed by atoms with Crippen LogP contribution in [-0.4, -0.2) is 48.1 Å². The van der Waals surface area contributed by atoms with Crippen molar-refractivity contribution < 1.29 is 14.3 Å². The van der Waals surface area contributed by atoms with Gasteiger partial charge in [-0.15, -0.1) is 0 Å². The number of likely N-dealkylation sites (tertiary alicyclic amines) is 1. The van der Waals surface area contributed by atoms with Crippen LogP contribution in [0.25, 0.3) is 0 Å². The minimum atomic E-state index is -0.0433. The van der Waals surface area contributed by atoms with Gasteiger partial charge < -0.3 is 10.1 Å². The van der Waals surface area contributed by atoms with Gasteiger partial charge in [0.15, 0.2) is 0 Å². The predicted molar refractivity (Wildman–Crippen MR) is 155 cm³/mol. The van der Waals surface area contributed by atoms with Crippen LogP contribution in [0.1, 0.15) is 112 Å². The van der Waals surface area contributed by atoms with Crippen LogP contribution in [0.4, 0.5) is 0 Å². The van der Waals surface area contributed by atoms with Gasteiger partial charge in [-0.1, -0.05) is 38.8 Å². The summed E-state index contributed by atoms with van der Waals surface area (Å²) in [5.74, 6) is 5.43. The van der Waals surface area contributed by atoms with Crippen LogP contribution < -0.4 is 5.32 Å². The predicted octanol–water partition coefficient (Wildman–Crippen LogP) is 6.51. The van der Waals surface area contributed by atoms with Gasteiger partial charge in [0.25, 0.3) is 0 Å². The summed E-state index contributed by atoms with van der Waals surface area (Å²) in [5, 5.41) is 3.14. The summed E-state index contributed by atoms with van der Waals surface area (Å²) in [6.45, 7) is 14.6. The normalized spacial score (nSPS) is 45.9. The van der Waals surface area contributed by atoms with Crippen LogP contribution in [0.15, 0.2) is 11.1 Å². The Balaban J connectivity index is 1.19. The Morgan fingerprint density at radius 2 is 1.95 bits per heavy atom. The van der Waals surface area contributed by atoms with E-state index in [4.69, 9.17) is 4.74 Å². The second kappa shape index (κ2) is 10.6. The van der Waals surface area contributed by atoms with Crippen LogP contribution in [-0.2, 0) is 14.3 Å². The van der Waals surface area contributed by atoms with Crippen molar-refractivity contribution in [2.45, 2.75) is 123 Å². The van der Waals surface area contributed by atoms with E-state index in [9.17, 15) is 9.59 Å². The summed E-state index contributed by atoms with van der Waals surface area (Å²) < 4.78 is 7.28. The van der Waals surface area contributed by atoms with Gasteiger partial charge in [0, 0.05) is 44.8 Å². The molecule has 0 aromatic heterocycles. The number of nitrogens with zero attached hydrogens (tertiary/aromatic N) is 1. The standard InChI is InChI=1S/C34H54N2O3/c1-6-7-31(38)35-14-15-36-20-21(2)16-29-23(4)34(39-32(29)36)13-11-26-27-9-8-24-17-25(37)10-12-33(24,5)30(27)18-28(26)22(3)19-34/h21,23-24,26-27,29-30,32H,6-20H2,1-5H3,(H,35,38)/t21-,23+,24+,26-,27-,29-,30-,32-,33-,34?/m0/s1. The fraction of sp³-hybridized carbons (Fsp3) is 0.882. The molecule has 1 spiro atoms. The highest BCUT2D eigenvalue weighted by atomic mass is 16.5. The van der Waals surface area contributed by atoms with Crippen molar-refractivity contribution in [2.75, 3.05) is 19.6 Å². The second-order valence-electron chi connectivity index (χ2n) is 15.1. The van der Waals surface area contributed by atoms with E-state index in [1.165, 1.54) is 38.5 Å². The number of hydrogen-bond donors (Lipinski definition) is 1. The first-order chi connectivity index (χ1) is 18.6. The van der Waals surface area contributed by atoms with Crippen molar-refractivity contribution in [1.29, 1.82) is 0 Å². The number of piperidine rings is 1. The third-order valence-electron chi connectivity index (χ3n) is 12.9. The fourth-order valence-electron chi connectivity index (χ4n) is 10.8. The van der Waals surface area contributed by atoms with Gasteiger partial charge in [0.2, 0.25) is 5.91 Å². The SMILES string of the molecule is CCCC(=O)NCCN1C[C@@H](C)C[C@H]2[C@@H](C)C3(CC[C@@H]4C(=C(C)C3)C[C@H]3[C@H]4CC[C@@H]4CC(=O)CC[C@@]43C)O[C@@H]21. The zero-order valence-electron chi connectivity index (χ0n) is 25.4. The molecule has 3 saturated carbocycles. The van der Waals surface area contributed by atoms with Crippen LogP contribution in [0.5, 0.6) is 0 Å². The average Bonchev–Trinajstić information content (AvgIpc) is 3.35. The highest BCUT2D eigenvalue weighted by Crippen LogP contribution is 2.65. The number of ether oxygens (including phenoxy) is 1. The monoisotopic (exact) mass is 538 g/mol. The van der Waals surface area contributed by atoms with Gasteiger partial charge in [0.05, 0.1) is 5.60 Å². The van der Waals surface area contributed by atoms with Crippen molar-refractivity contribution in [2.24, 2.45) is 46.8 Å². The molecule has 4 aliphatic carbocycles. The average molecular weight is 539 g/mol. The van der Waals surface area contributed by atoms with Crippen LogP contribution >= 0.6 is 0 Å². The summed E-state index contributed by atoms with van der Waals surface area (Å²) in [6, 6.07) is 0. The van der Waals surface area contributed by atoms with Gasteiger partial charge in [-0.3, -0.25) is 14.5 Å². The number of ketones is 1. The van der Waals surface area contributed by atoms with E-state index in [1.54, 1.807) is 11.1 Å². The molecule has 2 heterocycles. The summed E-state index contributed by atoms with van der Waals surface area (Å²) in [7, 11) is 0. The number of carbonyl (C=O) groups excluding carboxylic acids is 2. The molecule has 2 aliphatic heterocycles. The number of Topliss-reactive ketones (excluding diaryl/α,β-unsaturated/α-hetero) is 1. The lowest BCUT2D eigenvalue weighted by Crippen LogP contribution is -2.50. The van der Waals surface area contributed by atoms with Crippen LogP contribution in [0.2, 0.25) is 0 Å². The fourth-order valence-corrected chi connectivity index (χ4v) is 10.8. The summed E-state index contributed by atoms with van der Waals surface area (Å²) >= 11 is 0. The van der Waals surface area contributed by atoms with E-state index < -0.39 is 0 Å². The molecule has 0 radical (unpaired) electrons. The van der Waals surface area contributed by atoms with Gasteiger partial charge in [-0.25, -0.2) is 0 Å². The number of hydrogen-bond acceptors (Lipinski definition) is 4. The Bertz CT molecular complexity index is 1010. The molecule has 1 amide bonds. The third-order valence-corrected chi connectivity index (χ3v) is 12.9. The van der Waals surface area contributed by atoms with E-state index in [0.717, 1.165) is 69.5 Å². The molecule has 6 rings (SSSR count). The zero-order valence-corrected chi connectivity index (χ0v) is 25.4. The number of amides is 1. The topological polar surface area (TPSA) is 58.6 Å². The number of allylic oxidation sites excluding steroid dienone is 1. The highest BCUT2D eigenvalue weighted by Gasteiger charge is 2.60. The molecule has 0 aromatic rings. The maximum Gasteiger partial charge on any atom is 0.220 e. The smallest absolute Gasteiger partial charge is 0.220 e. The maximum atomic E-state index is 12.3. The molecule has 10 atom stereocenters. The Morgan fingerprint density at radius 3 is 2.74 bits per heavy atom. The first-order valence-electron chi connectivity index (χ1n) is 16.5. The molecule has 1 N–H and O–H groups in total. The summed E-state index contributed by atoms with van der Waals surface area (Å²) in [5.41, 5.74) is 3.74. The maximum absolute atomic E-state index is 12.3. The number of carbonyl (C=O) groups is 2. The molecular formula is C34H54N2O3. The van der Waals surface area contributed by atoms with Gasteiger partial charge in [-0.05, 0) is 106 Å². The van der Waals surface area contributed by atoms with Crippen LogP contribution in [0.3, 0.4) is 0 Å². The third kappa shape index (κ3) is 4.76. The van der Waals surface area contributed by atoms with E-state index in [0.29, 0.717) is 41.3 Å². The molecule has 6 aliphatic rings. The Morgan fingerprint density at radius 1 is 1.13 bits per heavy atom. The van der Waals surface area contributed by atoms with Crippen LogP contribution in [0, 0.1) is 46.8 Å². The number of nitrogens with one attached hydrogen (secondary N) is 1. The molecule has 5 nitrogen and oxygen atoms in total. The van der Waals surface area contributed by atoms with E-state index in [2.05, 4.69) is 44.8 Å². The highest BCUT2D eigenvalue weighted by molar-refractivity contribution is 5.79. The minimum Gasteiger partial charge on any atom is -0.356 e. The summed E-state index contributed by atoms with van der Waals surface area (Å²) in [6.07, 6.45) is 13.2.